The highest BCUT2D eigenvalue weighted by Gasteiger charge is 2.26. The van der Waals surface area contributed by atoms with Gasteiger partial charge in [0.05, 0.1) is 0 Å². The van der Waals surface area contributed by atoms with E-state index in [2.05, 4.69) is 63.3 Å². The summed E-state index contributed by atoms with van der Waals surface area (Å²) in [6.45, 7) is 10.4. The van der Waals surface area contributed by atoms with Crippen molar-refractivity contribution in [1.82, 2.24) is 5.32 Å². The van der Waals surface area contributed by atoms with Crippen LogP contribution in [0, 0.1) is 5.41 Å². The molecule has 0 saturated carbocycles. The second-order valence-electron chi connectivity index (χ2n) is 5.54. The molecule has 1 nitrogen and oxygen atoms in total. The van der Waals surface area contributed by atoms with Gasteiger partial charge in [0.1, 0.15) is 0 Å². The van der Waals surface area contributed by atoms with Crippen LogP contribution in [-0.2, 0) is 6.42 Å². The van der Waals surface area contributed by atoms with Crippen molar-refractivity contribution < 1.29 is 0 Å². The predicted octanol–water partition coefficient (Wildman–Crippen LogP) is 4.03. The Morgan fingerprint density at radius 2 is 1.76 bits per heavy atom. The molecule has 1 N–H and O–H groups in total. The molecular formula is C16H27N. The van der Waals surface area contributed by atoms with Crippen LogP contribution in [0.5, 0.6) is 0 Å². The third kappa shape index (κ3) is 4.51. The van der Waals surface area contributed by atoms with Crippen LogP contribution < -0.4 is 5.32 Å². The Morgan fingerprint density at radius 3 is 2.29 bits per heavy atom. The van der Waals surface area contributed by atoms with Crippen molar-refractivity contribution in [2.75, 3.05) is 6.54 Å². The lowest BCUT2D eigenvalue weighted by molar-refractivity contribution is 0.230. The number of hydrogen-bond donors (Lipinski definition) is 1. The van der Waals surface area contributed by atoms with Gasteiger partial charge < -0.3 is 5.32 Å². The molecule has 17 heavy (non-hydrogen) atoms. The Labute approximate surface area is 107 Å². The van der Waals surface area contributed by atoms with Gasteiger partial charge in [0, 0.05) is 6.04 Å². The van der Waals surface area contributed by atoms with Crippen LogP contribution in [-0.4, -0.2) is 12.6 Å². The van der Waals surface area contributed by atoms with Crippen molar-refractivity contribution in [1.29, 1.82) is 0 Å². The summed E-state index contributed by atoms with van der Waals surface area (Å²) in [6.07, 6.45) is 3.54. The highest BCUT2D eigenvalue weighted by Crippen LogP contribution is 2.27. The second-order valence-corrected chi connectivity index (χ2v) is 5.54. The van der Waals surface area contributed by atoms with Crippen LogP contribution >= 0.6 is 0 Å². The third-order valence-corrected chi connectivity index (χ3v) is 3.78. The molecule has 0 aromatic heterocycles. The van der Waals surface area contributed by atoms with Crippen molar-refractivity contribution in [3.05, 3.63) is 35.9 Å². The summed E-state index contributed by atoms with van der Waals surface area (Å²) in [6, 6.07) is 11.4. The fourth-order valence-corrected chi connectivity index (χ4v) is 2.04. The zero-order valence-corrected chi connectivity index (χ0v) is 11.8. The maximum absolute atomic E-state index is 3.71. The molecule has 1 aromatic rings. The molecular weight excluding hydrogens is 206 g/mol. The lowest BCUT2D eigenvalue weighted by Crippen LogP contribution is -2.43. The van der Waals surface area contributed by atoms with Gasteiger partial charge in [-0.2, -0.15) is 0 Å². The number of hydrogen-bond acceptors (Lipinski definition) is 1. The first-order chi connectivity index (χ1) is 8.10. The molecule has 0 bridgehead atoms. The standard InChI is InChI=1S/C16H27N/c1-5-12-17-15(16(3,4)6-2)13-14-10-8-7-9-11-14/h7-11,15,17H,5-6,12-13H2,1-4H3. The van der Waals surface area contributed by atoms with E-state index in [0.717, 1.165) is 13.0 Å². The SMILES string of the molecule is CCCNC(Cc1ccccc1)C(C)(C)CC. The summed E-state index contributed by atoms with van der Waals surface area (Å²) < 4.78 is 0. The largest absolute Gasteiger partial charge is 0.313 e. The number of nitrogens with one attached hydrogen (secondary N) is 1. The molecule has 0 saturated heterocycles. The molecule has 1 unspecified atom stereocenters. The smallest absolute Gasteiger partial charge is 0.0158 e. The van der Waals surface area contributed by atoms with Crippen LogP contribution in [0.15, 0.2) is 30.3 Å². The molecule has 1 atom stereocenters. The minimum atomic E-state index is 0.352. The van der Waals surface area contributed by atoms with E-state index in [1.165, 1.54) is 18.4 Å². The van der Waals surface area contributed by atoms with Gasteiger partial charge in [-0.3, -0.25) is 0 Å². The van der Waals surface area contributed by atoms with Gasteiger partial charge in [-0.25, -0.2) is 0 Å². The Morgan fingerprint density at radius 1 is 1.12 bits per heavy atom. The summed E-state index contributed by atoms with van der Waals surface area (Å²) >= 11 is 0. The van der Waals surface area contributed by atoms with E-state index in [9.17, 15) is 0 Å². The van der Waals surface area contributed by atoms with Gasteiger partial charge >= 0.3 is 0 Å². The van der Waals surface area contributed by atoms with Crippen LogP contribution in [0.2, 0.25) is 0 Å². The Bertz CT molecular complexity index is 303. The number of benzene rings is 1. The minimum Gasteiger partial charge on any atom is -0.313 e. The highest BCUT2D eigenvalue weighted by atomic mass is 14.9. The van der Waals surface area contributed by atoms with Crippen molar-refractivity contribution in [2.45, 2.75) is 53.0 Å². The zero-order chi connectivity index (χ0) is 12.7. The first kappa shape index (κ1) is 14.2. The molecule has 0 aliphatic carbocycles. The second kappa shape index (κ2) is 6.80. The molecule has 0 spiro atoms. The Hall–Kier alpha value is -0.820. The molecule has 0 heterocycles. The van der Waals surface area contributed by atoms with E-state index in [0.29, 0.717) is 11.5 Å². The van der Waals surface area contributed by atoms with Gasteiger partial charge in [0.15, 0.2) is 0 Å². The van der Waals surface area contributed by atoms with E-state index in [1.807, 2.05) is 0 Å². The third-order valence-electron chi connectivity index (χ3n) is 3.78. The molecule has 1 heteroatoms. The fourth-order valence-electron chi connectivity index (χ4n) is 2.04. The summed E-state index contributed by atoms with van der Waals surface area (Å²) in [5, 5.41) is 3.71. The van der Waals surface area contributed by atoms with Crippen molar-refractivity contribution >= 4 is 0 Å². The van der Waals surface area contributed by atoms with Gasteiger partial charge in [0.2, 0.25) is 0 Å². The lowest BCUT2D eigenvalue weighted by Gasteiger charge is -2.34. The summed E-state index contributed by atoms with van der Waals surface area (Å²) in [7, 11) is 0. The monoisotopic (exact) mass is 233 g/mol. The molecule has 96 valence electrons. The molecule has 1 aromatic carbocycles. The van der Waals surface area contributed by atoms with E-state index in [4.69, 9.17) is 0 Å². The Balaban J connectivity index is 2.70. The average molecular weight is 233 g/mol. The van der Waals surface area contributed by atoms with E-state index >= 15 is 0 Å². The maximum Gasteiger partial charge on any atom is 0.0158 e. The van der Waals surface area contributed by atoms with Crippen LogP contribution in [0.3, 0.4) is 0 Å². The molecule has 1 rings (SSSR count). The molecule has 0 radical (unpaired) electrons. The van der Waals surface area contributed by atoms with E-state index in [1.54, 1.807) is 0 Å². The maximum atomic E-state index is 3.71. The molecule has 0 aliphatic rings. The van der Waals surface area contributed by atoms with Crippen molar-refractivity contribution in [3.8, 4) is 0 Å². The predicted molar refractivity (Wildman–Crippen MR) is 76.3 cm³/mol. The summed E-state index contributed by atoms with van der Waals surface area (Å²) in [5.74, 6) is 0. The summed E-state index contributed by atoms with van der Waals surface area (Å²) in [4.78, 5) is 0. The van der Waals surface area contributed by atoms with Gasteiger partial charge in [0.25, 0.3) is 0 Å². The quantitative estimate of drug-likeness (QED) is 0.749. The van der Waals surface area contributed by atoms with Gasteiger partial charge in [-0.05, 0) is 36.8 Å². The van der Waals surface area contributed by atoms with E-state index < -0.39 is 0 Å². The van der Waals surface area contributed by atoms with Crippen molar-refractivity contribution in [3.63, 3.8) is 0 Å². The van der Waals surface area contributed by atoms with Crippen LogP contribution in [0.1, 0.15) is 46.1 Å². The molecule has 0 amide bonds. The molecule has 0 fully saturated rings. The Kier molecular flexibility index (Phi) is 5.70. The topological polar surface area (TPSA) is 12.0 Å². The van der Waals surface area contributed by atoms with Crippen molar-refractivity contribution in [2.24, 2.45) is 5.41 Å². The fraction of sp³-hybridized carbons (Fsp3) is 0.625. The zero-order valence-electron chi connectivity index (χ0n) is 11.8. The lowest BCUT2D eigenvalue weighted by atomic mass is 9.79. The molecule has 0 aliphatic heterocycles. The van der Waals surface area contributed by atoms with E-state index in [-0.39, 0.29) is 0 Å². The first-order valence-electron chi connectivity index (χ1n) is 6.87. The normalized spacial score (nSPS) is 13.6. The first-order valence-corrected chi connectivity index (χ1v) is 6.87. The average Bonchev–Trinajstić information content (AvgIpc) is 2.35. The minimum absolute atomic E-state index is 0.352. The highest BCUT2D eigenvalue weighted by molar-refractivity contribution is 5.16. The van der Waals surface area contributed by atoms with Crippen LogP contribution in [0.25, 0.3) is 0 Å². The van der Waals surface area contributed by atoms with Gasteiger partial charge in [-0.15, -0.1) is 0 Å². The number of rotatable bonds is 7. The van der Waals surface area contributed by atoms with Gasteiger partial charge in [-0.1, -0.05) is 58.0 Å². The van der Waals surface area contributed by atoms with Crippen LogP contribution in [0.4, 0.5) is 0 Å². The summed E-state index contributed by atoms with van der Waals surface area (Å²) in [5.41, 5.74) is 1.79.